The van der Waals surface area contributed by atoms with Crippen molar-refractivity contribution in [1.82, 2.24) is 0 Å². The average molecular weight is 491 g/mol. The standard InChI is InChI=1S/C32H42O4/c1-5-32(6-2,27-12-14-29(24(4)21-27)35-22-28-13-15-30(33)36-28)26-11-10-25(23(3)20-26)16-19-31(34)17-8-7-9-18-31/h10-12,14,16,19-21,28,34H,5-9,13,15,17-18,22H2,1-4H3/b19-16+/t28-/m0/s1. The van der Waals surface area contributed by atoms with E-state index in [4.69, 9.17) is 9.47 Å². The van der Waals surface area contributed by atoms with Crippen LogP contribution in [0.4, 0.5) is 0 Å². The third kappa shape index (κ3) is 5.70. The van der Waals surface area contributed by atoms with Crippen LogP contribution in [-0.2, 0) is 14.9 Å². The second-order valence-corrected chi connectivity index (χ2v) is 10.8. The number of carbonyl (C=O) groups is 1. The Labute approximate surface area is 216 Å². The highest BCUT2D eigenvalue weighted by molar-refractivity contribution is 5.71. The Morgan fingerprint density at radius 3 is 2.28 bits per heavy atom. The molecule has 1 saturated heterocycles. The van der Waals surface area contributed by atoms with Gasteiger partial charge in [0.1, 0.15) is 18.5 Å². The second kappa shape index (κ2) is 11.2. The van der Waals surface area contributed by atoms with Gasteiger partial charge in [0.25, 0.3) is 0 Å². The summed E-state index contributed by atoms with van der Waals surface area (Å²) in [6.07, 6.45) is 12.4. The zero-order valence-corrected chi connectivity index (χ0v) is 22.4. The van der Waals surface area contributed by atoms with Gasteiger partial charge in [0, 0.05) is 11.8 Å². The fraction of sp³-hybridized carbons (Fsp3) is 0.531. The molecule has 1 aliphatic carbocycles. The Bertz CT molecular complexity index is 1090. The lowest BCUT2D eigenvalue weighted by Crippen LogP contribution is -2.28. The number of benzene rings is 2. The van der Waals surface area contributed by atoms with Crippen molar-refractivity contribution in [3.8, 4) is 5.75 Å². The zero-order chi connectivity index (χ0) is 25.8. The van der Waals surface area contributed by atoms with Gasteiger partial charge in [0.2, 0.25) is 0 Å². The van der Waals surface area contributed by atoms with E-state index in [1.165, 1.54) is 28.7 Å². The molecule has 36 heavy (non-hydrogen) atoms. The van der Waals surface area contributed by atoms with Crippen LogP contribution in [-0.4, -0.2) is 29.4 Å². The summed E-state index contributed by atoms with van der Waals surface area (Å²) in [4.78, 5) is 11.4. The molecule has 4 heteroatoms. The number of hydrogen-bond donors (Lipinski definition) is 1. The number of rotatable bonds is 9. The molecule has 1 saturated carbocycles. The molecule has 2 aromatic carbocycles. The summed E-state index contributed by atoms with van der Waals surface area (Å²) < 4.78 is 11.3. The summed E-state index contributed by atoms with van der Waals surface area (Å²) in [6, 6.07) is 13.3. The van der Waals surface area contributed by atoms with E-state index in [0.717, 1.165) is 56.3 Å². The van der Waals surface area contributed by atoms with Gasteiger partial charge in [-0.05, 0) is 79.8 Å². The molecule has 2 aromatic rings. The van der Waals surface area contributed by atoms with Gasteiger partial charge in [-0.15, -0.1) is 0 Å². The SMILES string of the molecule is CCC(CC)(c1ccc(/C=C/C2(O)CCCCC2)c(C)c1)c1ccc(OC[C@@H]2CCC(=O)O2)c(C)c1. The minimum atomic E-state index is -0.652. The third-order valence-corrected chi connectivity index (χ3v) is 8.44. The van der Waals surface area contributed by atoms with Crippen LogP contribution in [0, 0.1) is 13.8 Å². The van der Waals surface area contributed by atoms with Crippen LogP contribution in [0.15, 0.2) is 42.5 Å². The molecule has 1 heterocycles. The number of hydrogen-bond acceptors (Lipinski definition) is 4. The minimum absolute atomic E-state index is 0.0845. The molecule has 194 valence electrons. The minimum Gasteiger partial charge on any atom is -0.489 e. The Kier molecular flexibility index (Phi) is 8.24. The van der Waals surface area contributed by atoms with Crippen molar-refractivity contribution >= 4 is 12.0 Å². The fourth-order valence-electron chi connectivity index (χ4n) is 5.96. The van der Waals surface area contributed by atoms with E-state index in [1.807, 2.05) is 6.08 Å². The van der Waals surface area contributed by atoms with Gasteiger partial charge < -0.3 is 14.6 Å². The summed E-state index contributed by atoms with van der Waals surface area (Å²) in [5.74, 6) is 0.716. The third-order valence-electron chi connectivity index (χ3n) is 8.44. The molecule has 0 spiro atoms. The number of cyclic esters (lactones) is 1. The van der Waals surface area contributed by atoms with Crippen molar-refractivity contribution in [2.45, 2.75) is 103 Å². The van der Waals surface area contributed by atoms with E-state index in [0.29, 0.717) is 13.0 Å². The molecular formula is C32H42O4. The van der Waals surface area contributed by atoms with Crippen molar-refractivity contribution in [3.05, 3.63) is 70.3 Å². The van der Waals surface area contributed by atoms with Crippen LogP contribution in [0.5, 0.6) is 5.75 Å². The quantitative estimate of drug-likeness (QED) is 0.378. The molecular weight excluding hydrogens is 448 g/mol. The number of aliphatic hydroxyl groups is 1. The van der Waals surface area contributed by atoms with Crippen LogP contribution in [0.1, 0.15) is 99.5 Å². The van der Waals surface area contributed by atoms with Crippen molar-refractivity contribution in [1.29, 1.82) is 0 Å². The lowest BCUT2D eigenvalue weighted by Gasteiger charge is -2.34. The van der Waals surface area contributed by atoms with Crippen LogP contribution >= 0.6 is 0 Å². The molecule has 0 aromatic heterocycles. The maximum Gasteiger partial charge on any atom is 0.306 e. The summed E-state index contributed by atoms with van der Waals surface area (Å²) in [5.41, 5.74) is 5.39. The Morgan fingerprint density at radius 1 is 1.03 bits per heavy atom. The predicted octanol–water partition coefficient (Wildman–Crippen LogP) is 7.20. The smallest absolute Gasteiger partial charge is 0.306 e. The average Bonchev–Trinajstić information content (AvgIpc) is 3.29. The topological polar surface area (TPSA) is 55.8 Å². The summed E-state index contributed by atoms with van der Waals surface area (Å²) >= 11 is 0. The van der Waals surface area contributed by atoms with E-state index in [9.17, 15) is 9.90 Å². The molecule has 0 radical (unpaired) electrons. The normalized spacial score (nSPS) is 20.0. The lowest BCUT2D eigenvalue weighted by atomic mass is 9.70. The van der Waals surface area contributed by atoms with Gasteiger partial charge >= 0.3 is 5.97 Å². The molecule has 4 rings (SSSR count). The number of ether oxygens (including phenoxy) is 2. The van der Waals surface area contributed by atoms with Gasteiger partial charge in [-0.1, -0.05) is 75.6 Å². The van der Waals surface area contributed by atoms with Crippen molar-refractivity contribution < 1.29 is 19.4 Å². The Hall–Kier alpha value is -2.59. The molecule has 4 nitrogen and oxygen atoms in total. The number of aryl methyl sites for hydroxylation is 2. The summed E-state index contributed by atoms with van der Waals surface area (Å²) in [7, 11) is 0. The zero-order valence-electron chi connectivity index (χ0n) is 22.4. The maximum atomic E-state index is 11.4. The Balaban J connectivity index is 1.54. The van der Waals surface area contributed by atoms with Crippen LogP contribution in [0.2, 0.25) is 0 Å². The second-order valence-electron chi connectivity index (χ2n) is 10.8. The largest absolute Gasteiger partial charge is 0.489 e. The molecule has 0 bridgehead atoms. The molecule has 1 atom stereocenters. The first-order valence-corrected chi connectivity index (χ1v) is 13.7. The van der Waals surface area contributed by atoms with E-state index in [2.05, 4.69) is 70.2 Å². The molecule has 0 unspecified atom stereocenters. The highest BCUT2D eigenvalue weighted by Crippen LogP contribution is 2.41. The Morgan fingerprint density at radius 2 is 1.69 bits per heavy atom. The first kappa shape index (κ1) is 26.5. The van der Waals surface area contributed by atoms with Crippen molar-refractivity contribution in [2.24, 2.45) is 0 Å². The summed E-state index contributed by atoms with van der Waals surface area (Å²) in [5, 5.41) is 10.9. The molecule has 2 aliphatic rings. The van der Waals surface area contributed by atoms with Gasteiger partial charge in [-0.3, -0.25) is 4.79 Å². The monoisotopic (exact) mass is 490 g/mol. The first-order chi connectivity index (χ1) is 17.3. The molecule has 1 aliphatic heterocycles. The van der Waals surface area contributed by atoms with Crippen molar-refractivity contribution in [2.75, 3.05) is 6.61 Å². The van der Waals surface area contributed by atoms with Crippen LogP contribution in [0.25, 0.3) is 6.08 Å². The van der Waals surface area contributed by atoms with Gasteiger partial charge in [0.15, 0.2) is 0 Å². The van der Waals surface area contributed by atoms with Crippen LogP contribution < -0.4 is 4.74 Å². The van der Waals surface area contributed by atoms with E-state index in [1.54, 1.807) is 0 Å². The first-order valence-electron chi connectivity index (χ1n) is 13.7. The van der Waals surface area contributed by atoms with Gasteiger partial charge in [-0.25, -0.2) is 0 Å². The van der Waals surface area contributed by atoms with Crippen molar-refractivity contribution in [3.63, 3.8) is 0 Å². The highest BCUT2D eigenvalue weighted by Gasteiger charge is 2.32. The maximum absolute atomic E-state index is 11.4. The summed E-state index contributed by atoms with van der Waals surface area (Å²) in [6.45, 7) is 9.19. The molecule has 1 N–H and O–H groups in total. The molecule has 0 amide bonds. The van der Waals surface area contributed by atoms with Gasteiger partial charge in [0.05, 0.1) is 5.60 Å². The lowest BCUT2D eigenvalue weighted by molar-refractivity contribution is -0.142. The predicted molar refractivity (Wildman–Crippen MR) is 145 cm³/mol. The van der Waals surface area contributed by atoms with E-state index < -0.39 is 5.60 Å². The number of esters is 1. The molecule has 2 fully saturated rings. The highest BCUT2D eigenvalue weighted by atomic mass is 16.6. The van der Waals surface area contributed by atoms with Crippen LogP contribution in [0.3, 0.4) is 0 Å². The van der Waals surface area contributed by atoms with Gasteiger partial charge in [-0.2, -0.15) is 0 Å². The fourth-order valence-corrected chi connectivity index (χ4v) is 5.96. The van der Waals surface area contributed by atoms with E-state index in [-0.39, 0.29) is 17.5 Å². The van der Waals surface area contributed by atoms with E-state index >= 15 is 0 Å². The number of carbonyl (C=O) groups excluding carboxylic acids is 1.